The Bertz CT molecular complexity index is 647. The van der Waals surface area contributed by atoms with Gasteiger partial charge in [0, 0.05) is 6.42 Å². The molecule has 0 aromatic carbocycles. The van der Waals surface area contributed by atoms with Crippen LogP contribution in [-0.2, 0) is 24.0 Å². The van der Waals surface area contributed by atoms with E-state index in [-0.39, 0.29) is 25.2 Å². The van der Waals surface area contributed by atoms with Crippen molar-refractivity contribution in [3.8, 4) is 0 Å². The number of carboxylic acid groups (broad SMARTS) is 1. The fourth-order valence-corrected chi connectivity index (χ4v) is 2.92. The Balaban J connectivity index is 5.25. The number of aliphatic carboxylic acids is 1. The number of primary amides is 1. The molecule has 0 fully saturated rings. The molecule has 31 heavy (non-hydrogen) atoms. The van der Waals surface area contributed by atoms with Crippen LogP contribution >= 0.6 is 11.8 Å². The molecule has 178 valence electrons. The molecule has 0 rings (SSSR count). The van der Waals surface area contributed by atoms with Gasteiger partial charge < -0.3 is 37.6 Å². The predicted molar refractivity (Wildman–Crippen MR) is 115 cm³/mol. The smallest absolute Gasteiger partial charge is 0.328 e. The quantitative estimate of drug-likeness (QED) is 0.137. The Hall–Kier alpha value is -2.38. The number of rotatable bonds is 15. The molecule has 4 unspecified atom stereocenters. The van der Waals surface area contributed by atoms with Gasteiger partial charge in [0.15, 0.2) is 0 Å². The first-order chi connectivity index (χ1) is 14.4. The van der Waals surface area contributed by atoms with Crippen LogP contribution in [0.1, 0.15) is 33.1 Å². The van der Waals surface area contributed by atoms with Crippen LogP contribution < -0.4 is 27.4 Å². The highest BCUT2D eigenvalue weighted by Gasteiger charge is 2.31. The number of nitrogens with two attached hydrogens (primary N) is 2. The van der Waals surface area contributed by atoms with Gasteiger partial charge in [-0.3, -0.25) is 19.2 Å². The maximum Gasteiger partial charge on any atom is 0.328 e. The lowest BCUT2D eigenvalue weighted by Crippen LogP contribution is -2.58. The molecule has 0 aliphatic carbocycles. The standard InChI is InChI=1S/C18H33N5O7S/c1-9(2)14(23-15(26)10(19)4-5-13(20)25)17(28)21-11(6-7-31-3)16(27)22-12(8-24)18(29)30/h9-12,14,24H,4-8,19H2,1-3H3,(H2,20,25)(H,21,28)(H,22,27)(H,23,26)(H,29,30). The Kier molecular flexibility index (Phi) is 13.5. The number of hydrogen-bond acceptors (Lipinski definition) is 8. The second-order valence-electron chi connectivity index (χ2n) is 7.27. The van der Waals surface area contributed by atoms with Gasteiger partial charge in [-0.1, -0.05) is 13.8 Å². The molecule has 0 radical (unpaired) electrons. The first-order valence-corrected chi connectivity index (χ1v) is 11.1. The molecule has 4 amide bonds. The van der Waals surface area contributed by atoms with Crippen molar-refractivity contribution >= 4 is 41.4 Å². The van der Waals surface area contributed by atoms with E-state index in [1.54, 1.807) is 20.1 Å². The Morgan fingerprint density at radius 1 is 0.935 bits per heavy atom. The lowest BCUT2D eigenvalue weighted by Gasteiger charge is -2.26. The van der Waals surface area contributed by atoms with Crippen LogP contribution in [0.3, 0.4) is 0 Å². The van der Waals surface area contributed by atoms with Crippen molar-refractivity contribution in [2.24, 2.45) is 17.4 Å². The summed E-state index contributed by atoms with van der Waals surface area (Å²) in [4.78, 5) is 59.4. The molecule has 0 saturated carbocycles. The third kappa shape index (κ3) is 11.0. The molecule has 0 bridgehead atoms. The minimum Gasteiger partial charge on any atom is -0.480 e. The molecule has 0 heterocycles. The van der Waals surface area contributed by atoms with Crippen molar-refractivity contribution in [2.75, 3.05) is 18.6 Å². The SMILES string of the molecule is CSCCC(NC(=O)C(NC(=O)C(N)CCC(N)=O)C(C)C)C(=O)NC(CO)C(=O)O. The zero-order chi connectivity index (χ0) is 24.1. The number of carbonyl (C=O) groups is 5. The van der Waals surface area contributed by atoms with E-state index < -0.39 is 60.4 Å². The van der Waals surface area contributed by atoms with Crippen LogP contribution in [0.2, 0.25) is 0 Å². The maximum atomic E-state index is 12.8. The number of carbonyl (C=O) groups excluding carboxylic acids is 4. The highest BCUT2D eigenvalue weighted by atomic mass is 32.2. The van der Waals surface area contributed by atoms with Crippen molar-refractivity contribution in [1.29, 1.82) is 0 Å². The first kappa shape index (κ1) is 28.6. The van der Waals surface area contributed by atoms with E-state index in [2.05, 4.69) is 16.0 Å². The first-order valence-electron chi connectivity index (χ1n) is 9.72. The van der Waals surface area contributed by atoms with Gasteiger partial charge in [-0.2, -0.15) is 11.8 Å². The summed E-state index contributed by atoms with van der Waals surface area (Å²) < 4.78 is 0. The maximum absolute atomic E-state index is 12.8. The minimum atomic E-state index is -1.51. The molecule has 0 aliphatic rings. The van der Waals surface area contributed by atoms with Crippen molar-refractivity contribution in [1.82, 2.24) is 16.0 Å². The number of amides is 4. The summed E-state index contributed by atoms with van der Waals surface area (Å²) in [5, 5.41) is 25.3. The van der Waals surface area contributed by atoms with Gasteiger partial charge in [0.25, 0.3) is 0 Å². The van der Waals surface area contributed by atoms with Gasteiger partial charge in [0.1, 0.15) is 18.1 Å². The molecule has 0 spiro atoms. The topological polar surface area (TPSA) is 214 Å². The summed E-state index contributed by atoms with van der Waals surface area (Å²) >= 11 is 1.42. The minimum absolute atomic E-state index is 0.0179. The van der Waals surface area contributed by atoms with E-state index in [1.807, 2.05) is 0 Å². The molecule has 0 aromatic heterocycles. The molecule has 4 atom stereocenters. The summed E-state index contributed by atoms with van der Waals surface area (Å²) in [6, 6.07) is -4.65. The summed E-state index contributed by atoms with van der Waals surface area (Å²) in [7, 11) is 0. The highest BCUT2D eigenvalue weighted by Crippen LogP contribution is 2.07. The van der Waals surface area contributed by atoms with Gasteiger partial charge in [-0.25, -0.2) is 4.79 Å². The fourth-order valence-electron chi connectivity index (χ4n) is 2.45. The number of nitrogens with one attached hydrogen (secondary N) is 3. The molecule has 0 aliphatic heterocycles. The Morgan fingerprint density at radius 3 is 1.97 bits per heavy atom. The van der Waals surface area contributed by atoms with Gasteiger partial charge in [0.05, 0.1) is 12.6 Å². The highest BCUT2D eigenvalue weighted by molar-refractivity contribution is 7.98. The summed E-state index contributed by atoms with van der Waals surface area (Å²) in [6.45, 7) is 2.56. The van der Waals surface area contributed by atoms with E-state index in [9.17, 15) is 24.0 Å². The molecule has 12 nitrogen and oxygen atoms in total. The second kappa shape index (κ2) is 14.6. The molecular formula is C18H33N5O7S. The zero-order valence-electron chi connectivity index (χ0n) is 17.9. The number of aliphatic hydroxyl groups excluding tert-OH is 1. The normalized spacial score (nSPS) is 14.8. The van der Waals surface area contributed by atoms with Crippen LogP contribution in [-0.4, -0.2) is 82.6 Å². The summed E-state index contributed by atoms with van der Waals surface area (Å²) in [5.74, 6) is -3.95. The van der Waals surface area contributed by atoms with Gasteiger partial charge in [0.2, 0.25) is 23.6 Å². The van der Waals surface area contributed by atoms with E-state index in [4.69, 9.17) is 21.7 Å². The summed E-state index contributed by atoms with van der Waals surface area (Å²) in [5.41, 5.74) is 10.8. The third-order valence-corrected chi connectivity index (χ3v) is 4.97. The van der Waals surface area contributed by atoms with Crippen molar-refractivity contribution in [2.45, 2.75) is 57.3 Å². The molecule has 13 heteroatoms. The molecule has 0 saturated heterocycles. The van der Waals surface area contributed by atoms with E-state index in [1.165, 1.54) is 11.8 Å². The lowest BCUT2D eigenvalue weighted by molar-refractivity contribution is -0.143. The number of carboxylic acids is 1. The number of thioether (sulfide) groups is 1. The van der Waals surface area contributed by atoms with E-state index in [0.29, 0.717) is 5.75 Å². The molecular weight excluding hydrogens is 430 g/mol. The lowest BCUT2D eigenvalue weighted by atomic mass is 10.0. The van der Waals surface area contributed by atoms with Gasteiger partial charge in [-0.15, -0.1) is 0 Å². The monoisotopic (exact) mass is 463 g/mol. The second-order valence-corrected chi connectivity index (χ2v) is 8.25. The van der Waals surface area contributed by atoms with Crippen LogP contribution in [0, 0.1) is 5.92 Å². The fraction of sp³-hybridized carbons (Fsp3) is 0.722. The van der Waals surface area contributed by atoms with Crippen LogP contribution in [0.15, 0.2) is 0 Å². The number of aliphatic hydroxyl groups is 1. The molecule has 9 N–H and O–H groups in total. The van der Waals surface area contributed by atoms with Crippen LogP contribution in [0.25, 0.3) is 0 Å². The number of hydrogen-bond donors (Lipinski definition) is 7. The van der Waals surface area contributed by atoms with Gasteiger partial charge in [-0.05, 0) is 30.8 Å². The van der Waals surface area contributed by atoms with Crippen molar-refractivity contribution in [3.63, 3.8) is 0 Å². The Morgan fingerprint density at radius 2 is 1.52 bits per heavy atom. The van der Waals surface area contributed by atoms with Crippen molar-refractivity contribution in [3.05, 3.63) is 0 Å². The summed E-state index contributed by atoms with van der Waals surface area (Å²) in [6.07, 6.45) is 1.94. The molecule has 0 aromatic rings. The van der Waals surface area contributed by atoms with E-state index in [0.717, 1.165) is 0 Å². The van der Waals surface area contributed by atoms with Crippen LogP contribution in [0.5, 0.6) is 0 Å². The van der Waals surface area contributed by atoms with E-state index >= 15 is 0 Å². The predicted octanol–water partition coefficient (Wildman–Crippen LogP) is -2.48. The third-order valence-electron chi connectivity index (χ3n) is 4.33. The zero-order valence-corrected chi connectivity index (χ0v) is 18.7. The Labute approximate surface area is 185 Å². The average molecular weight is 464 g/mol. The average Bonchev–Trinajstić information content (AvgIpc) is 2.69. The largest absolute Gasteiger partial charge is 0.480 e. The van der Waals surface area contributed by atoms with Crippen molar-refractivity contribution < 1.29 is 34.2 Å². The van der Waals surface area contributed by atoms with Gasteiger partial charge >= 0.3 is 5.97 Å². The van der Waals surface area contributed by atoms with Crippen LogP contribution in [0.4, 0.5) is 0 Å².